The Hall–Kier alpha value is -2.85. The molecule has 3 fully saturated rings. The predicted molar refractivity (Wildman–Crippen MR) is 131 cm³/mol. The number of amides is 4. The molecule has 10 nitrogen and oxygen atoms in total. The SMILES string of the molecule is O=C(COC(=O)N1CCC(N2Cc3ccccc3NC2=O)CC1)N1CCC(N2CCNCC2)CC1. The van der Waals surface area contributed by atoms with Gasteiger partial charge in [-0.05, 0) is 37.3 Å². The van der Waals surface area contributed by atoms with Gasteiger partial charge in [0.25, 0.3) is 5.91 Å². The second-order valence-electron chi connectivity index (χ2n) is 9.89. The molecule has 0 spiro atoms. The number of hydrogen-bond donors (Lipinski definition) is 2. The fourth-order valence-corrected chi connectivity index (χ4v) is 5.71. The van der Waals surface area contributed by atoms with Crippen molar-refractivity contribution in [3.63, 3.8) is 0 Å². The fraction of sp³-hybridized carbons (Fsp3) is 0.640. The van der Waals surface area contributed by atoms with Crippen molar-refractivity contribution in [2.45, 2.75) is 44.3 Å². The standard InChI is InChI=1S/C25H36N6O4/c32-23(29-11-5-20(6-12-29)28-15-9-26-10-16-28)18-35-25(34)30-13-7-21(8-14-30)31-17-19-3-1-2-4-22(19)27-24(31)33/h1-4,20-21,26H,5-18H2,(H,27,33). The predicted octanol–water partition coefficient (Wildman–Crippen LogP) is 1.53. The number of nitrogens with one attached hydrogen (secondary N) is 2. The summed E-state index contributed by atoms with van der Waals surface area (Å²) in [6.07, 6.45) is 2.89. The van der Waals surface area contributed by atoms with Crippen LogP contribution in [0.3, 0.4) is 0 Å². The zero-order valence-corrected chi connectivity index (χ0v) is 20.3. The summed E-state index contributed by atoms with van der Waals surface area (Å²) in [4.78, 5) is 45.6. The highest BCUT2D eigenvalue weighted by Crippen LogP contribution is 2.27. The third-order valence-electron chi connectivity index (χ3n) is 7.83. The second-order valence-corrected chi connectivity index (χ2v) is 9.89. The Balaban J connectivity index is 1.03. The van der Waals surface area contributed by atoms with E-state index in [4.69, 9.17) is 4.74 Å². The third-order valence-corrected chi connectivity index (χ3v) is 7.83. The Morgan fingerprint density at radius 3 is 2.29 bits per heavy atom. The lowest BCUT2D eigenvalue weighted by molar-refractivity contribution is -0.136. The van der Waals surface area contributed by atoms with Crippen LogP contribution >= 0.6 is 0 Å². The first-order valence-electron chi connectivity index (χ1n) is 12.9. The van der Waals surface area contributed by atoms with Gasteiger partial charge in [-0.25, -0.2) is 9.59 Å². The van der Waals surface area contributed by atoms with Crippen molar-refractivity contribution >= 4 is 23.7 Å². The normalized spacial score (nSPS) is 22.5. The van der Waals surface area contributed by atoms with Crippen LogP contribution in [0.2, 0.25) is 0 Å². The lowest BCUT2D eigenvalue weighted by Crippen LogP contribution is -2.53. The summed E-state index contributed by atoms with van der Waals surface area (Å²) >= 11 is 0. The van der Waals surface area contributed by atoms with E-state index in [0.717, 1.165) is 63.4 Å². The average molecular weight is 485 g/mol. The maximum absolute atomic E-state index is 12.6. The number of fused-ring (bicyclic) bond motifs is 1. The van der Waals surface area contributed by atoms with Gasteiger partial charge in [0, 0.05) is 76.7 Å². The summed E-state index contributed by atoms with van der Waals surface area (Å²) in [6, 6.07) is 8.36. The van der Waals surface area contributed by atoms with Crippen LogP contribution in [0, 0.1) is 0 Å². The molecule has 0 atom stereocenters. The number of hydrogen-bond acceptors (Lipinski definition) is 6. The molecule has 4 aliphatic heterocycles. The van der Waals surface area contributed by atoms with E-state index < -0.39 is 6.09 Å². The van der Waals surface area contributed by atoms with Crippen molar-refractivity contribution < 1.29 is 19.1 Å². The van der Waals surface area contributed by atoms with Crippen molar-refractivity contribution in [2.75, 3.05) is 64.3 Å². The summed E-state index contributed by atoms with van der Waals surface area (Å²) < 4.78 is 5.37. The number of ether oxygens (including phenoxy) is 1. The van der Waals surface area contributed by atoms with Crippen molar-refractivity contribution in [2.24, 2.45) is 0 Å². The first kappa shape index (κ1) is 23.9. The molecule has 0 bridgehead atoms. The Bertz CT molecular complexity index is 920. The molecular weight excluding hydrogens is 448 g/mol. The van der Waals surface area contributed by atoms with Crippen molar-refractivity contribution in [3.8, 4) is 0 Å². The van der Waals surface area contributed by atoms with Gasteiger partial charge in [-0.3, -0.25) is 9.69 Å². The van der Waals surface area contributed by atoms with E-state index in [2.05, 4.69) is 15.5 Å². The van der Waals surface area contributed by atoms with Crippen LogP contribution in [0.15, 0.2) is 24.3 Å². The summed E-state index contributed by atoms with van der Waals surface area (Å²) in [5.41, 5.74) is 1.97. The van der Waals surface area contributed by atoms with E-state index in [1.807, 2.05) is 34.1 Å². The monoisotopic (exact) mass is 484 g/mol. The molecular formula is C25H36N6O4. The molecule has 35 heavy (non-hydrogen) atoms. The van der Waals surface area contributed by atoms with Crippen LogP contribution in [0.1, 0.15) is 31.2 Å². The van der Waals surface area contributed by atoms with Gasteiger partial charge < -0.3 is 30.1 Å². The number of urea groups is 1. The number of carbonyl (C=O) groups is 3. The number of piperazine rings is 1. The zero-order chi connectivity index (χ0) is 24.2. The van der Waals surface area contributed by atoms with Crippen LogP contribution in [0.25, 0.3) is 0 Å². The van der Waals surface area contributed by atoms with Gasteiger partial charge in [0.05, 0.1) is 0 Å². The Kier molecular flexibility index (Phi) is 7.38. The van der Waals surface area contributed by atoms with Crippen LogP contribution < -0.4 is 10.6 Å². The molecule has 0 aromatic heterocycles. The fourth-order valence-electron chi connectivity index (χ4n) is 5.71. The largest absolute Gasteiger partial charge is 0.439 e. The van der Waals surface area contributed by atoms with E-state index in [1.165, 1.54) is 0 Å². The van der Waals surface area contributed by atoms with E-state index in [1.54, 1.807) is 4.90 Å². The van der Waals surface area contributed by atoms with Crippen molar-refractivity contribution in [1.82, 2.24) is 24.9 Å². The average Bonchev–Trinajstić information content (AvgIpc) is 2.92. The number of anilines is 1. The molecule has 0 unspecified atom stereocenters. The topological polar surface area (TPSA) is 97.5 Å². The summed E-state index contributed by atoms with van der Waals surface area (Å²) in [5, 5.41) is 6.34. The number of para-hydroxylation sites is 1. The van der Waals surface area contributed by atoms with Gasteiger partial charge in [0.15, 0.2) is 6.61 Å². The Labute approximate surface area is 206 Å². The highest BCUT2D eigenvalue weighted by molar-refractivity contribution is 5.92. The second kappa shape index (κ2) is 10.8. The summed E-state index contributed by atoms with van der Waals surface area (Å²) in [6.45, 7) is 7.05. The van der Waals surface area contributed by atoms with Gasteiger partial charge in [-0.2, -0.15) is 0 Å². The van der Waals surface area contributed by atoms with E-state index in [9.17, 15) is 14.4 Å². The van der Waals surface area contributed by atoms with Gasteiger partial charge in [-0.15, -0.1) is 0 Å². The van der Waals surface area contributed by atoms with Crippen LogP contribution in [-0.4, -0.2) is 109 Å². The van der Waals surface area contributed by atoms with Crippen LogP contribution in [0.5, 0.6) is 0 Å². The van der Waals surface area contributed by atoms with E-state index in [0.29, 0.717) is 38.5 Å². The number of benzene rings is 1. The smallest absolute Gasteiger partial charge is 0.410 e. The molecule has 0 aliphatic carbocycles. The number of piperidine rings is 2. The number of carbonyl (C=O) groups excluding carboxylic acids is 3. The molecule has 4 aliphatic rings. The number of nitrogens with zero attached hydrogens (tertiary/aromatic N) is 4. The molecule has 10 heteroatoms. The minimum atomic E-state index is -0.444. The maximum atomic E-state index is 12.6. The zero-order valence-electron chi connectivity index (χ0n) is 20.3. The Morgan fingerprint density at radius 2 is 1.54 bits per heavy atom. The van der Waals surface area contributed by atoms with E-state index in [-0.39, 0.29) is 24.6 Å². The van der Waals surface area contributed by atoms with Gasteiger partial charge in [0.1, 0.15) is 0 Å². The van der Waals surface area contributed by atoms with E-state index >= 15 is 0 Å². The summed E-state index contributed by atoms with van der Waals surface area (Å²) in [5.74, 6) is -0.115. The lowest BCUT2D eigenvalue weighted by atomic mass is 10.0. The highest BCUT2D eigenvalue weighted by Gasteiger charge is 2.33. The molecule has 190 valence electrons. The lowest BCUT2D eigenvalue weighted by Gasteiger charge is -2.40. The first-order valence-corrected chi connectivity index (χ1v) is 12.9. The van der Waals surface area contributed by atoms with Crippen molar-refractivity contribution in [3.05, 3.63) is 29.8 Å². The minimum absolute atomic E-state index is 0.0750. The Morgan fingerprint density at radius 1 is 0.886 bits per heavy atom. The summed E-state index contributed by atoms with van der Waals surface area (Å²) in [7, 11) is 0. The molecule has 5 rings (SSSR count). The van der Waals surface area contributed by atoms with Crippen molar-refractivity contribution in [1.29, 1.82) is 0 Å². The van der Waals surface area contributed by atoms with Gasteiger partial charge in [-0.1, -0.05) is 18.2 Å². The number of likely N-dealkylation sites (tertiary alicyclic amines) is 2. The molecule has 4 amide bonds. The first-order chi connectivity index (χ1) is 17.1. The number of rotatable bonds is 4. The van der Waals surface area contributed by atoms with Crippen LogP contribution in [-0.2, 0) is 16.1 Å². The van der Waals surface area contributed by atoms with Gasteiger partial charge in [0.2, 0.25) is 0 Å². The molecule has 0 saturated carbocycles. The molecule has 1 aromatic carbocycles. The molecule has 4 heterocycles. The molecule has 2 N–H and O–H groups in total. The highest BCUT2D eigenvalue weighted by atomic mass is 16.6. The quantitative estimate of drug-likeness (QED) is 0.673. The third kappa shape index (κ3) is 5.54. The molecule has 3 saturated heterocycles. The molecule has 0 radical (unpaired) electrons. The molecule has 1 aromatic rings. The minimum Gasteiger partial charge on any atom is -0.439 e. The maximum Gasteiger partial charge on any atom is 0.410 e. The van der Waals surface area contributed by atoms with Gasteiger partial charge >= 0.3 is 12.1 Å². The van der Waals surface area contributed by atoms with Crippen LogP contribution in [0.4, 0.5) is 15.3 Å².